The van der Waals surface area contributed by atoms with E-state index in [0.717, 1.165) is 27.7 Å². The summed E-state index contributed by atoms with van der Waals surface area (Å²) in [5.41, 5.74) is 4.40. The number of H-pyrrole nitrogens is 1. The first-order valence-electron chi connectivity index (χ1n) is 9.97. The number of fused-ring (bicyclic) bond motifs is 2. The summed E-state index contributed by atoms with van der Waals surface area (Å²) in [5.74, 6) is -1.88. The van der Waals surface area contributed by atoms with Crippen molar-refractivity contribution in [2.45, 2.75) is 12.8 Å². The molecule has 5 rings (SSSR count). The van der Waals surface area contributed by atoms with E-state index in [-0.39, 0.29) is 17.5 Å². The van der Waals surface area contributed by atoms with Gasteiger partial charge in [0.15, 0.2) is 0 Å². The van der Waals surface area contributed by atoms with E-state index in [1.165, 1.54) is 0 Å². The fourth-order valence-electron chi connectivity index (χ4n) is 3.94. The molecule has 152 valence electrons. The fraction of sp³-hybridized carbons (Fsp3) is 0.0800. The second-order valence-electron chi connectivity index (χ2n) is 7.30. The molecule has 0 saturated carbocycles. The van der Waals surface area contributed by atoms with Crippen LogP contribution in [0.3, 0.4) is 0 Å². The Morgan fingerprint density at radius 1 is 0.806 bits per heavy atom. The lowest BCUT2D eigenvalue weighted by Gasteiger charge is -2.13. The van der Waals surface area contributed by atoms with Gasteiger partial charge in [-0.05, 0) is 35.7 Å². The molecular formula is C25H18N2O4. The second-order valence-corrected chi connectivity index (χ2v) is 7.30. The average molecular weight is 410 g/mol. The molecule has 0 unspecified atom stereocenters. The Kier molecular flexibility index (Phi) is 4.59. The Morgan fingerprint density at radius 2 is 1.42 bits per heavy atom. The normalized spacial score (nSPS) is 13.0. The molecule has 3 aromatic carbocycles. The van der Waals surface area contributed by atoms with E-state index in [1.54, 1.807) is 24.3 Å². The van der Waals surface area contributed by atoms with E-state index in [0.29, 0.717) is 11.5 Å². The summed E-state index contributed by atoms with van der Waals surface area (Å²) in [4.78, 5) is 46.0. The van der Waals surface area contributed by atoms with E-state index in [9.17, 15) is 14.4 Å². The predicted octanol–water partition coefficient (Wildman–Crippen LogP) is 4.52. The molecule has 1 N–H and O–H groups in total. The zero-order valence-corrected chi connectivity index (χ0v) is 16.5. The maximum absolute atomic E-state index is 12.5. The van der Waals surface area contributed by atoms with Crippen LogP contribution in [0.25, 0.3) is 22.2 Å². The highest BCUT2D eigenvalue weighted by Gasteiger charge is 2.38. The molecule has 0 atom stereocenters. The van der Waals surface area contributed by atoms with Crippen molar-refractivity contribution in [1.82, 2.24) is 10.0 Å². The van der Waals surface area contributed by atoms with E-state index in [4.69, 9.17) is 4.84 Å². The number of imide groups is 1. The van der Waals surface area contributed by atoms with Crippen LogP contribution < -0.4 is 0 Å². The van der Waals surface area contributed by atoms with Crippen LogP contribution in [0.15, 0.2) is 78.9 Å². The van der Waals surface area contributed by atoms with Crippen molar-refractivity contribution in [3.05, 3.63) is 95.6 Å². The quantitative estimate of drug-likeness (QED) is 0.491. The number of hydrogen-bond donors (Lipinski definition) is 1. The van der Waals surface area contributed by atoms with E-state index in [1.807, 2.05) is 54.6 Å². The van der Waals surface area contributed by atoms with Gasteiger partial charge in [0, 0.05) is 16.6 Å². The average Bonchev–Trinajstić information content (AvgIpc) is 3.29. The van der Waals surface area contributed by atoms with Crippen LogP contribution in [-0.2, 0) is 16.1 Å². The highest BCUT2D eigenvalue weighted by atomic mass is 16.7. The number of hydrogen-bond acceptors (Lipinski definition) is 4. The zero-order chi connectivity index (χ0) is 21.4. The molecule has 0 aliphatic carbocycles. The molecule has 0 radical (unpaired) electrons. The number of para-hydroxylation sites is 1. The van der Waals surface area contributed by atoms with Gasteiger partial charge in [-0.15, -0.1) is 0 Å². The molecule has 6 nitrogen and oxygen atoms in total. The second kappa shape index (κ2) is 7.57. The van der Waals surface area contributed by atoms with Crippen molar-refractivity contribution >= 4 is 28.7 Å². The van der Waals surface area contributed by atoms with E-state index >= 15 is 0 Å². The number of aromatic nitrogens is 1. The van der Waals surface area contributed by atoms with Gasteiger partial charge >= 0.3 is 5.97 Å². The van der Waals surface area contributed by atoms with Gasteiger partial charge in [0.05, 0.1) is 17.5 Å². The van der Waals surface area contributed by atoms with Crippen LogP contribution in [0, 0.1) is 0 Å². The minimum Gasteiger partial charge on any atom is -0.354 e. The topological polar surface area (TPSA) is 79.5 Å². The van der Waals surface area contributed by atoms with Crippen molar-refractivity contribution in [3.63, 3.8) is 0 Å². The van der Waals surface area contributed by atoms with Crippen LogP contribution in [0.4, 0.5) is 0 Å². The van der Waals surface area contributed by atoms with Crippen LogP contribution in [0.2, 0.25) is 0 Å². The minimum atomic E-state index is -0.640. The summed E-state index contributed by atoms with van der Waals surface area (Å²) in [6.45, 7) is 0. The van der Waals surface area contributed by atoms with Crippen LogP contribution in [0.1, 0.15) is 32.7 Å². The summed E-state index contributed by atoms with van der Waals surface area (Å²) >= 11 is 0. The first-order chi connectivity index (χ1) is 15.1. The van der Waals surface area contributed by atoms with Gasteiger partial charge < -0.3 is 9.82 Å². The summed E-state index contributed by atoms with van der Waals surface area (Å²) < 4.78 is 0. The number of aromatic amines is 1. The summed E-state index contributed by atoms with van der Waals surface area (Å²) in [6, 6.07) is 24.2. The molecule has 0 saturated heterocycles. The Labute approximate surface area is 178 Å². The summed E-state index contributed by atoms with van der Waals surface area (Å²) in [6.07, 6.45) is 0.422. The molecular weight excluding hydrogens is 392 g/mol. The minimum absolute atomic E-state index is 0.0229. The number of carbonyl (C=O) groups excluding carboxylic acids is 3. The Bertz CT molecular complexity index is 1290. The van der Waals surface area contributed by atoms with Gasteiger partial charge in [-0.25, -0.2) is 4.79 Å². The fourth-order valence-corrected chi connectivity index (χ4v) is 3.94. The molecule has 2 heterocycles. The third-order valence-corrected chi connectivity index (χ3v) is 5.41. The van der Waals surface area contributed by atoms with Gasteiger partial charge in [-0.2, -0.15) is 0 Å². The molecule has 2 amide bonds. The number of nitrogens with zero attached hydrogens (tertiary/aromatic N) is 1. The standard InChI is InChI=1S/C25H18N2O4/c28-22(31-27-24(29)19-11-4-5-12-20(19)25(27)30)15-14-18-17-10-6-7-13-21(17)26-23(18)16-8-2-1-3-9-16/h1-13,26H,14-15H2. The van der Waals surface area contributed by atoms with Gasteiger partial charge in [0.1, 0.15) is 0 Å². The van der Waals surface area contributed by atoms with E-state index < -0.39 is 17.8 Å². The van der Waals surface area contributed by atoms with Crippen LogP contribution in [-0.4, -0.2) is 27.8 Å². The van der Waals surface area contributed by atoms with Gasteiger partial charge in [0.2, 0.25) is 0 Å². The molecule has 0 bridgehead atoms. The van der Waals surface area contributed by atoms with Crippen molar-refractivity contribution in [3.8, 4) is 11.3 Å². The first kappa shape index (κ1) is 18.8. The van der Waals surface area contributed by atoms with E-state index in [2.05, 4.69) is 4.98 Å². The third kappa shape index (κ3) is 3.28. The van der Waals surface area contributed by atoms with Gasteiger partial charge in [0.25, 0.3) is 11.8 Å². The molecule has 0 fully saturated rings. The number of nitrogens with one attached hydrogen (secondary N) is 1. The number of benzene rings is 3. The van der Waals surface area contributed by atoms with Crippen molar-refractivity contribution in [1.29, 1.82) is 0 Å². The van der Waals surface area contributed by atoms with Gasteiger partial charge in [-0.1, -0.05) is 65.7 Å². The number of aryl methyl sites for hydroxylation is 1. The number of hydroxylamine groups is 2. The van der Waals surface area contributed by atoms with Crippen LogP contribution >= 0.6 is 0 Å². The molecule has 31 heavy (non-hydrogen) atoms. The molecule has 0 spiro atoms. The lowest BCUT2D eigenvalue weighted by molar-refractivity contribution is -0.168. The molecule has 4 aromatic rings. The molecule has 1 aliphatic heterocycles. The summed E-state index contributed by atoms with van der Waals surface area (Å²) in [5, 5.41) is 1.58. The number of carbonyl (C=O) groups is 3. The molecule has 1 aliphatic rings. The smallest absolute Gasteiger partial charge is 0.333 e. The van der Waals surface area contributed by atoms with Gasteiger partial charge in [-0.3, -0.25) is 9.59 Å². The lowest BCUT2D eigenvalue weighted by atomic mass is 10.0. The Hall–Kier alpha value is -4.19. The first-order valence-corrected chi connectivity index (χ1v) is 9.97. The maximum atomic E-state index is 12.5. The SMILES string of the molecule is O=C(CCc1c(-c2ccccc2)[nH]c2ccccc12)ON1C(=O)c2ccccc2C1=O. The lowest BCUT2D eigenvalue weighted by Crippen LogP contribution is -2.32. The maximum Gasteiger partial charge on any atom is 0.333 e. The number of rotatable bonds is 5. The monoisotopic (exact) mass is 410 g/mol. The highest BCUT2D eigenvalue weighted by Crippen LogP contribution is 2.31. The van der Waals surface area contributed by atoms with Crippen molar-refractivity contribution in [2.24, 2.45) is 0 Å². The Morgan fingerprint density at radius 3 is 2.13 bits per heavy atom. The largest absolute Gasteiger partial charge is 0.354 e. The highest BCUT2D eigenvalue weighted by molar-refractivity contribution is 6.20. The molecule has 1 aromatic heterocycles. The van der Waals surface area contributed by atoms with Crippen molar-refractivity contribution < 1.29 is 19.2 Å². The third-order valence-electron chi connectivity index (χ3n) is 5.41. The van der Waals surface area contributed by atoms with Crippen LogP contribution in [0.5, 0.6) is 0 Å². The predicted molar refractivity (Wildman–Crippen MR) is 115 cm³/mol. The zero-order valence-electron chi connectivity index (χ0n) is 16.5. The molecule has 6 heteroatoms. The Balaban J connectivity index is 1.37. The number of amides is 2. The van der Waals surface area contributed by atoms with Crippen molar-refractivity contribution in [2.75, 3.05) is 0 Å². The summed E-state index contributed by atoms with van der Waals surface area (Å²) in [7, 11) is 0.